The van der Waals surface area contributed by atoms with Gasteiger partial charge in [0.05, 0.1) is 18.9 Å². The molecule has 1 saturated heterocycles. The molecule has 1 fully saturated rings. The molecule has 1 aromatic heterocycles. The smallest absolute Gasteiger partial charge is 0.332 e. The highest BCUT2D eigenvalue weighted by Crippen LogP contribution is 2.36. The van der Waals surface area contributed by atoms with Crippen LogP contribution in [0.15, 0.2) is 54.9 Å². The first-order chi connectivity index (χ1) is 17.6. The molecule has 0 saturated carbocycles. The molecule has 3 aromatic rings. The molecule has 0 radical (unpaired) electrons. The first-order valence-corrected chi connectivity index (χ1v) is 11.5. The highest BCUT2D eigenvalue weighted by atomic mass is 19.1. The fourth-order valence-corrected chi connectivity index (χ4v) is 4.24. The van der Waals surface area contributed by atoms with Crippen LogP contribution in [0.4, 0.5) is 25.0 Å². The number of carbonyl (C=O) groups excluding carboxylic acids is 2. The van der Waals surface area contributed by atoms with E-state index in [2.05, 4.69) is 4.85 Å². The quantitative estimate of drug-likeness (QED) is 0.160. The van der Waals surface area contributed by atoms with E-state index in [9.17, 15) is 23.6 Å². The van der Waals surface area contributed by atoms with Crippen molar-refractivity contribution in [1.29, 1.82) is 0 Å². The summed E-state index contributed by atoms with van der Waals surface area (Å²) in [7, 11) is 0. The van der Waals surface area contributed by atoms with Crippen LogP contribution in [0, 0.1) is 25.1 Å². The number of halogens is 2. The maximum Gasteiger partial charge on any atom is 0.332 e. The molecule has 190 valence electrons. The number of hydrogen-bond donors (Lipinski definition) is 1. The zero-order valence-electron chi connectivity index (χ0n) is 20.5. The number of nitrogens with zero attached hydrogens (tertiary/aromatic N) is 4. The zero-order valence-corrected chi connectivity index (χ0v) is 20.5. The summed E-state index contributed by atoms with van der Waals surface area (Å²) in [6, 6.07) is 9.68. The van der Waals surface area contributed by atoms with Gasteiger partial charge in [-0.3, -0.25) is 10.0 Å². The lowest BCUT2D eigenvalue weighted by Gasteiger charge is -2.27. The van der Waals surface area contributed by atoms with Gasteiger partial charge in [0.1, 0.15) is 22.9 Å². The van der Waals surface area contributed by atoms with Gasteiger partial charge in [-0.15, -0.1) is 0 Å². The number of rotatable bonds is 7. The number of hydrogen-bond acceptors (Lipinski definition) is 4. The highest BCUT2D eigenvalue weighted by molar-refractivity contribution is 6.23. The van der Waals surface area contributed by atoms with E-state index in [0.29, 0.717) is 23.3 Å². The van der Waals surface area contributed by atoms with Crippen molar-refractivity contribution in [3.63, 3.8) is 0 Å². The van der Waals surface area contributed by atoms with Crippen molar-refractivity contribution in [2.45, 2.75) is 32.7 Å². The number of benzene rings is 2. The Labute approximate surface area is 212 Å². The molecular formula is C27H25F2N4O4+. The van der Waals surface area contributed by atoms with E-state index in [0.717, 1.165) is 9.63 Å². The van der Waals surface area contributed by atoms with Crippen molar-refractivity contribution in [3.8, 4) is 16.9 Å². The normalized spacial score (nSPS) is 14.7. The Morgan fingerprint density at radius 3 is 2.46 bits per heavy atom. The third kappa shape index (κ3) is 4.68. The zero-order chi connectivity index (χ0) is 26.9. The average Bonchev–Trinajstić information content (AvgIpc) is 3.03. The monoisotopic (exact) mass is 507 g/mol. The van der Waals surface area contributed by atoms with Crippen LogP contribution in [0.1, 0.15) is 25.8 Å². The molecule has 1 aliphatic heterocycles. The van der Waals surface area contributed by atoms with Crippen LogP contribution in [0.25, 0.3) is 16.0 Å². The van der Waals surface area contributed by atoms with Gasteiger partial charge in [0, 0.05) is 35.0 Å². The van der Waals surface area contributed by atoms with Crippen LogP contribution < -0.4 is 14.4 Å². The van der Waals surface area contributed by atoms with Crippen molar-refractivity contribution >= 4 is 23.3 Å². The van der Waals surface area contributed by atoms with E-state index in [1.807, 2.05) is 0 Å². The van der Waals surface area contributed by atoms with Gasteiger partial charge in [0.2, 0.25) is 18.1 Å². The lowest BCUT2D eigenvalue weighted by molar-refractivity contribution is -0.904. The van der Waals surface area contributed by atoms with Gasteiger partial charge in [-0.1, -0.05) is 6.07 Å². The summed E-state index contributed by atoms with van der Waals surface area (Å²) in [6.07, 6.45) is 3.15. The second kappa shape index (κ2) is 9.85. The third-order valence-corrected chi connectivity index (χ3v) is 6.38. The Balaban J connectivity index is 1.41. The van der Waals surface area contributed by atoms with Gasteiger partial charge < -0.3 is 9.64 Å². The number of pyridine rings is 1. The average molecular weight is 508 g/mol. The first kappa shape index (κ1) is 25.6. The summed E-state index contributed by atoms with van der Waals surface area (Å²) >= 11 is 0. The second-order valence-corrected chi connectivity index (χ2v) is 9.10. The minimum atomic E-state index is -1.17. The summed E-state index contributed by atoms with van der Waals surface area (Å²) in [5.41, 5.74) is -0.249. The van der Waals surface area contributed by atoms with Crippen molar-refractivity contribution in [2.24, 2.45) is 0 Å². The Hall–Kier alpha value is -4.52. The third-order valence-electron chi connectivity index (χ3n) is 6.38. The predicted octanol–water partition coefficient (Wildman–Crippen LogP) is 5.03. The van der Waals surface area contributed by atoms with Gasteiger partial charge in [0.15, 0.2) is 0 Å². The number of ether oxygens (including phenoxy) is 1. The summed E-state index contributed by atoms with van der Waals surface area (Å²) in [5.74, 6) is -1.44. The van der Waals surface area contributed by atoms with E-state index in [1.165, 1.54) is 42.4 Å². The SMILES string of the molecule is [C-]#[N+]c1ccc(N2C(=O)N(CCCOc3ccc(-c4cc[n+](O)cc4)c(F)c3)C(C)(C)C2=O)c(C)c1F. The number of urea groups is 1. The molecule has 8 nitrogen and oxygen atoms in total. The van der Waals surface area contributed by atoms with Crippen LogP contribution in [-0.2, 0) is 4.79 Å². The molecule has 1 N–H and O–H groups in total. The Morgan fingerprint density at radius 1 is 1.11 bits per heavy atom. The van der Waals surface area contributed by atoms with Crippen molar-refractivity contribution in [3.05, 3.63) is 83.5 Å². The van der Waals surface area contributed by atoms with Crippen molar-refractivity contribution < 1.29 is 33.0 Å². The molecule has 0 aliphatic carbocycles. The van der Waals surface area contributed by atoms with E-state index in [4.69, 9.17) is 11.3 Å². The van der Waals surface area contributed by atoms with E-state index in [1.54, 1.807) is 38.1 Å². The Bertz CT molecular complexity index is 1420. The molecule has 2 aromatic carbocycles. The highest BCUT2D eigenvalue weighted by Gasteiger charge is 2.52. The van der Waals surface area contributed by atoms with Crippen molar-refractivity contribution in [2.75, 3.05) is 18.1 Å². The van der Waals surface area contributed by atoms with Gasteiger partial charge in [-0.2, -0.15) is 0 Å². The Morgan fingerprint density at radius 2 is 1.81 bits per heavy atom. The molecule has 3 amide bonds. The summed E-state index contributed by atoms with van der Waals surface area (Å²) in [6.45, 7) is 12.0. The Kier molecular flexibility index (Phi) is 6.81. The first-order valence-electron chi connectivity index (χ1n) is 11.5. The number of amides is 3. The number of anilines is 1. The number of imide groups is 1. The maximum absolute atomic E-state index is 14.6. The molecule has 0 unspecified atom stereocenters. The van der Waals surface area contributed by atoms with Crippen LogP contribution in [0.3, 0.4) is 0 Å². The maximum atomic E-state index is 14.6. The van der Waals surface area contributed by atoms with Crippen LogP contribution in [-0.4, -0.2) is 40.7 Å². The molecule has 4 rings (SSSR count). The van der Waals surface area contributed by atoms with Gasteiger partial charge >= 0.3 is 6.03 Å². The summed E-state index contributed by atoms with van der Waals surface area (Å²) in [5, 5.41) is 9.33. The van der Waals surface area contributed by atoms with E-state index < -0.39 is 29.1 Å². The lowest BCUT2D eigenvalue weighted by atomic mass is 10.0. The molecule has 2 heterocycles. The number of carbonyl (C=O) groups is 2. The number of aromatic nitrogens is 1. The van der Waals surface area contributed by atoms with Gasteiger partial charge in [0.25, 0.3) is 5.91 Å². The summed E-state index contributed by atoms with van der Waals surface area (Å²) < 4.78 is 35.6. The fraction of sp³-hybridized carbons (Fsp3) is 0.259. The fourth-order valence-electron chi connectivity index (χ4n) is 4.24. The molecule has 1 aliphatic rings. The standard InChI is InChI=1S/C27H25F2N4O4/c1-17-23(9-8-22(30-4)24(17)29)33-25(34)27(2,3)32(26(33)35)12-5-15-37-19-6-7-20(21(28)16-19)18-10-13-31(36)14-11-18/h6-11,13-14,16,36H,5,12,15H2,1-3H3/q+1. The molecule has 0 spiro atoms. The van der Waals surface area contributed by atoms with E-state index in [-0.39, 0.29) is 30.1 Å². The second-order valence-electron chi connectivity index (χ2n) is 9.10. The minimum absolute atomic E-state index is 0.0488. The van der Waals surface area contributed by atoms with Crippen molar-refractivity contribution in [1.82, 2.24) is 4.90 Å². The lowest BCUT2D eigenvalue weighted by Crippen LogP contribution is -2.44. The van der Waals surface area contributed by atoms with Crippen LogP contribution in [0.5, 0.6) is 5.75 Å². The molecule has 0 bridgehead atoms. The largest absolute Gasteiger partial charge is 0.493 e. The van der Waals surface area contributed by atoms with Gasteiger partial charge in [-0.05, 0) is 56.5 Å². The summed E-state index contributed by atoms with van der Waals surface area (Å²) in [4.78, 5) is 31.8. The van der Waals surface area contributed by atoms with Crippen LogP contribution >= 0.6 is 0 Å². The molecule has 0 atom stereocenters. The minimum Gasteiger partial charge on any atom is -0.493 e. The van der Waals surface area contributed by atoms with Gasteiger partial charge in [-0.25, -0.2) is 23.3 Å². The molecule has 10 heteroatoms. The molecule has 37 heavy (non-hydrogen) atoms. The van der Waals surface area contributed by atoms with Crippen LogP contribution in [0.2, 0.25) is 0 Å². The topological polar surface area (TPSA) is 78.3 Å². The van der Waals surface area contributed by atoms with E-state index >= 15 is 0 Å². The predicted molar refractivity (Wildman–Crippen MR) is 130 cm³/mol. The molecular weight excluding hydrogens is 482 g/mol.